The molecule has 0 atom stereocenters. The molecular weight excluding hydrogens is 283 g/mol. The van der Waals surface area contributed by atoms with Gasteiger partial charge in [0.15, 0.2) is 4.34 Å². The summed E-state index contributed by atoms with van der Waals surface area (Å²) in [6.45, 7) is 0.799. The van der Waals surface area contributed by atoms with Crippen LogP contribution in [-0.2, 0) is 0 Å². The predicted octanol–water partition coefficient (Wildman–Crippen LogP) is 2.95. The fourth-order valence-corrected chi connectivity index (χ4v) is 3.03. The molecule has 19 heavy (non-hydrogen) atoms. The Kier molecular flexibility index (Phi) is 4.98. The van der Waals surface area contributed by atoms with Crippen molar-refractivity contribution in [2.75, 3.05) is 36.6 Å². The lowest BCUT2D eigenvalue weighted by molar-refractivity contribution is 0.628. The van der Waals surface area contributed by atoms with E-state index in [0.29, 0.717) is 0 Å². The quantitative estimate of drug-likeness (QED) is 0.656. The zero-order valence-corrected chi connectivity index (χ0v) is 12.4. The van der Waals surface area contributed by atoms with Crippen LogP contribution < -0.4 is 10.2 Å². The van der Waals surface area contributed by atoms with Crippen LogP contribution in [0.5, 0.6) is 0 Å². The number of rotatable bonds is 6. The van der Waals surface area contributed by atoms with Crippen LogP contribution in [0.4, 0.5) is 15.2 Å². The highest BCUT2D eigenvalue weighted by Crippen LogP contribution is 2.26. The van der Waals surface area contributed by atoms with Crippen molar-refractivity contribution in [2.24, 2.45) is 0 Å². The Morgan fingerprint density at radius 3 is 2.63 bits per heavy atom. The van der Waals surface area contributed by atoms with Crippen LogP contribution in [0.15, 0.2) is 28.6 Å². The number of aromatic nitrogens is 2. The summed E-state index contributed by atoms with van der Waals surface area (Å²) in [5.74, 6) is 0.671. The maximum Gasteiger partial charge on any atom is 0.208 e. The van der Waals surface area contributed by atoms with E-state index >= 15 is 0 Å². The number of nitrogens with one attached hydrogen (secondary N) is 1. The first-order valence-electron chi connectivity index (χ1n) is 5.78. The van der Waals surface area contributed by atoms with Crippen molar-refractivity contribution in [3.05, 3.63) is 30.1 Å². The Morgan fingerprint density at radius 1 is 1.26 bits per heavy atom. The summed E-state index contributed by atoms with van der Waals surface area (Å²) in [4.78, 5) is 1.94. The van der Waals surface area contributed by atoms with E-state index in [1.165, 1.54) is 12.1 Å². The van der Waals surface area contributed by atoms with E-state index in [2.05, 4.69) is 15.5 Å². The van der Waals surface area contributed by atoms with Gasteiger partial charge in [0.25, 0.3) is 0 Å². The summed E-state index contributed by atoms with van der Waals surface area (Å²) in [7, 11) is 3.90. The van der Waals surface area contributed by atoms with E-state index in [1.807, 2.05) is 19.0 Å². The van der Waals surface area contributed by atoms with Gasteiger partial charge in [0.2, 0.25) is 5.13 Å². The number of benzene rings is 1. The SMILES string of the molecule is CN(C)c1nnc(SCCNc2ccc(F)cc2)s1. The number of hydrogen-bond acceptors (Lipinski definition) is 6. The summed E-state index contributed by atoms with van der Waals surface area (Å²) in [6, 6.07) is 6.36. The van der Waals surface area contributed by atoms with Crippen LogP contribution in [0.25, 0.3) is 0 Å². The molecule has 7 heteroatoms. The predicted molar refractivity (Wildman–Crippen MR) is 79.8 cm³/mol. The molecule has 0 aliphatic rings. The van der Waals surface area contributed by atoms with Crippen LogP contribution in [0, 0.1) is 5.82 Å². The summed E-state index contributed by atoms with van der Waals surface area (Å²) < 4.78 is 13.7. The van der Waals surface area contributed by atoms with Crippen molar-refractivity contribution in [2.45, 2.75) is 4.34 Å². The smallest absolute Gasteiger partial charge is 0.208 e. The topological polar surface area (TPSA) is 41.1 Å². The molecule has 0 bridgehead atoms. The van der Waals surface area contributed by atoms with Crippen LogP contribution in [0.3, 0.4) is 0 Å². The maximum absolute atomic E-state index is 12.7. The number of hydrogen-bond donors (Lipinski definition) is 1. The van der Waals surface area contributed by atoms with Crippen molar-refractivity contribution < 1.29 is 4.39 Å². The fourth-order valence-electron chi connectivity index (χ4n) is 1.34. The van der Waals surface area contributed by atoms with Crippen molar-refractivity contribution in [1.82, 2.24) is 10.2 Å². The lowest BCUT2D eigenvalue weighted by Crippen LogP contribution is -2.07. The highest BCUT2D eigenvalue weighted by molar-refractivity contribution is 8.01. The average Bonchev–Trinajstić information content (AvgIpc) is 2.86. The molecule has 1 heterocycles. The van der Waals surface area contributed by atoms with E-state index < -0.39 is 0 Å². The van der Waals surface area contributed by atoms with E-state index in [1.54, 1.807) is 35.2 Å². The first-order chi connectivity index (χ1) is 9.15. The van der Waals surface area contributed by atoms with Gasteiger partial charge in [-0.15, -0.1) is 10.2 Å². The first-order valence-corrected chi connectivity index (χ1v) is 7.58. The third kappa shape index (κ3) is 4.36. The molecular formula is C12H15FN4S2. The van der Waals surface area contributed by atoms with Crippen molar-refractivity contribution in [3.8, 4) is 0 Å². The van der Waals surface area contributed by atoms with Crippen molar-refractivity contribution in [3.63, 3.8) is 0 Å². The second kappa shape index (κ2) is 6.72. The molecule has 0 saturated carbocycles. The van der Waals surface area contributed by atoms with E-state index in [9.17, 15) is 4.39 Å². The molecule has 4 nitrogen and oxygen atoms in total. The van der Waals surface area contributed by atoms with E-state index in [-0.39, 0.29) is 5.82 Å². The standard InChI is InChI=1S/C12H15FN4S2/c1-17(2)11-15-16-12(19-11)18-8-7-14-10-5-3-9(13)4-6-10/h3-6,14H,7-8H2,1-2H3. The molecule has 0 amide bonds. The molecule has 0 saturated heterocycles. The van der Waals surface area contributed by atoms with E-state index in [4.69, 9.17) is 0 Å². The molecule has 1 aromatic carbocycles. The van der Waals surface area contributed by atoms with Gasteiger partial charge < -0.3 is 10.2 Å². The van der Waals surface area contributed by atoms with Gasteiger partial charge in [-0.05, 0) is 24.3 Å². The van der Waals surface area contributed by atoms with Gasteiger partial charge in [0.1, 0.15) is 5.82 Å². The van der Waals surface area contributed by atoms with Crippen LogP contribution in [0.1, 0.15) is 0 Å². The average molecular weight is 298 g/mol. The largest absolute Gasteiger partial charge is 0.384 e. The maximum atomic E-state index is 12.7. The van der Waals surface area contributed by atoms with Gasteiger partial charge >= 0.3 is 0 Å². The summed E-state index contributed by atoms with van der Waals surface area (Å²) in [5.41, 5.74) is 0.924. The Morgan fingerprint density at radius 2 is 2.00 bits per heavy atom. The molecule has 2 aromatic rings. The third-order valence-electron chi connectivity index (χ3n) is 2.28. The number of nitrogens with zero attached hydrogens (tertiary/aromatic N) is 3. The van der Waals surface area contributed by atoms with E-state index in [0.717, 1.165) is 27.5 Å². The highest BCUT2D eigenvalue weighted by Gasteiger charge is 2.05. The van der Waals surface area contributed by atoms with Crippen LogP contribution in [0.2, 0.25) is 0 Å². The normalized spacial score (nSPS) is 10.5. The molecule has 102 valence electrons. The van der Waals surface area contributed by atoms with Gasteiger partial charge in [0.05, 0.1) is 0 Å². The Bertz CT molecular complexity index is 513. The first kappa shape index (κ1) is 14.1. The van der Waals surface area contributed by atoms with Gasteiger partial charge in [-0.1, -0.05) is 23.1 Å². The Balaban J connectivity index is 1.72. The molecule has 0 unspecified atom stereocenters. The monoisotopic (exact) mass is 298 g/mol. The lowest BCUT2D eigenvalue weighted by Gasteiger charge is -2.05. The minimum Gasteiger partial charge on any atom is -0.384 e. The number of halogens is 1. The minimum absolute atomic E-state index is 0.218. The summed E-state index contributed by atoms with van der Waals surface area (Å²) >= 11 is 3.24. The molecule has 0 aliphatic heterocycles. The zero-order valence-electron chi connectivity index (χ0n) is 10.8. The molecule has 1 N–H and O–H groups in total. The molecule has 0 radical (unpaired) electrons. The lowest BCUT2D eigenvalue weighted by atomic mass is 10.3. The van der Waals surface area contributed by atoms with Crippen LogP contribution in [-0.4, -0.2) is 36.6 Å². The van der Waals surface area contributed by atoms with Gasteiger partial charge in [0, 0.05) is 32.1 Å². The summed E-state index contributed by atoms with van der Waals surface area (Å²) in [6.07, 6.45) is 0. The van der Waals surface area contributed by atoms with Gasteiger partial charge in [-0.25, -0.2) is 4.39 Å². The molecule has 0 fully saturated rings. The fraction of sp³-hybridized carbons (Fsp3) is 0.333. The van der Waals surface area contributed by atoms with Gasteiger partial charge in [-0.2, -0.15) is 0 Å². The molecule has 2 rings (SSSR count). The van der Waals surface area contributed by atoms with Crippen molar-refractivity contribution in [1.29, 1.82) is 0 Å². The van der Waals surface area contributed by atoms with Gasteiger partial charge in [-0.3, -0.25) is 0 Å². The Hall–Kier alpha value is -1.34. The molecule has 0 spiro atoms. The highest BCUT2D eigenvalue weighted by atomic mass is 32.2. The molecule has 1 aromatic heterocycles. The summed E-state index contributed by atoms with van der Waals surface area (Å²) in [5, 5.41) is 12.3. The molecule has 0 aliphatic carbocycles. The number of anilines is 2. The number of thioether (sulfide) groups is 1. The zero-order chi connectivity index (χ0) is 13.7. The third-order valence-corrected chi connectivity index (χ3v) is 4.51. The van der Waals surface area contributed by atoms with Crippen molar-refractivity contribution >= 4 is 33.9 Å². The minimum atomic E-state index is -0.218. The Labute approximate surface area is 120 Å². The van der Waals surface area contributed by atoms with Crippen LogP contribution >= 0.6 is 23.1 Å². The second-order valence-electron chi connectivity index (χ2n) is 4.03. The second-order valence-corrected chi connectivity index (χ2v) is 6.33.